The number of carboxylic acids is 1. The monoisotopic (exact) mass is 498 g/mol. The summed E-state index contributed by atoms with van der Waals surface area (Å²) < 4.78 is 10.8. The Morgan fingerprint density at radius 3 is 2.20 bits per heavy atom. The molecular weight excluding hydrogens is 460 g/mol. The topological polar surface area (TPSA) is 163 Å². The van der Waals surface area contributed by atoms with Crippen molar-refractivity contribution in [2.45, 2.75) is 51.0 Å². The van der Waals surface area contributed by atoms with E-state index in [0.717, 1.165) is 0 Å². The lowest BCUT2D eigenvalue weighted by atomic mass is 9.86. The van der Waals surface area contributed by atoms with E-state index in [1.165, 1.54) is 4.90 Å². The lowest BCUT2D eigenvalue weighted by molar-refractivity contribution is -0.143. The molecule has 1 saturated carbocycles. The van der Waals surface area contributed by atoms with Gasteiger partial charge in [0.2, 0.25) is 23.6 Å². The summed E-state index contributed by atoms with van der Waals surface area (Å²) in [5.74, 6) is -1.98. The quantitative estimate of drug-likeness (QED) is 0.215. The molecule has 0 aromatic carbocycles. The number of amides is 4. The fraction of sp³-hybridized carbons (Fsp3) is 0.783. The lowest BCUT2D eigenvalue weighted by Crippen LogP contribution is -2.39. The Balaban J connectivity index is 1.36. The number of hydrogen-bond donors (Lipinski definition) is 4. The van der Waals surface area contributed by atoms with Crippen LogP contribution in [0.1, 0.15) is 44.9 Å². The Kier molecular flexibility index (Phi) is 12.5. The van der Waals surface area contributed by atoms with Gasteiger partial charge in [-0.3, -0.25) is 24.0 Å². The molecule has 1 heterocycles. The Labute approximate surface area is 205 Å². The van der Waals surface area contributed by atoms with Crippen LogP contribution in [0.4, 0.5) is 0 Å². The molecule has 198 valence electrons. The number of ether oxygens (including phenoxy) is 2. The van der Waals surface area contributed by atoms with Crippen LogP contribution >= 0.6 is 0 Å². The molecule has 1 aliphatic carbocycles. The largest absolute Gasteiger partial charge is 0.481 e. The van der Waals surface area contributed by atoms with Crippen LogP contribution < -0.4 is 16.0 Å². The molecule has 35 heavy (non-hydrogen) atoms. The molecule has 0 radical (unpaired) electrons. The summed E-state index contributed by atoms with van der Waals surface area (Å²) in [5, 5.41) is 17.3. The van der Waals surface area contributed by atoms with E-state index in [2.05, 4.69) is 16.0 Å². The van der Waals surface area contributed by atoms with Gasteiger partial charge in [0, 0.05) is 52.0 Å². The number of rotatable bonds is 15. The highest BCUT2D eigenvalue weighted by Gasteiger charge is 2.31. The molecule has 4 amide bonds. The Morgan fingerprint density at radius 1 is 0.886 bits per heavy atom. The van der Waals surface area contributed by atoms with Crippen molar-refractivity contribution in [1.29, 1.82) is 0 Å². The minimum atomic E-state index is -0.763. The molecule has 1 saturated heterocycles. The molecule has 1 unspecified atom stereocenters. The van der Waals surface area contributed by atoms with E-state index >= 15 is 0 Å². The summed E-state index contributed by atoms with van der Waals surface area (Å²) in [6, 6.07) is 0.0351. The lowest BCUT2D eigenvalue weighted by Gasteiger charge is -2.26. The first-order chi connectivity index (χ1) is 16.8. The van der Waals surface area contributed by atoms with E-state index in [0.29, 0.717) is 58.6 Å². The first-order valence-electron chi connectivity index (χ1n) is 12.2. The molecule has 1 atom stereocenters. The standard InChI is InChI=1S/C23H38N4O8/c1-27-15-17(14-21(27)30)22(31)25-8-6-19(28)24-9-11-35-13-12-34-10-7-20(29)26-18-4-2-16(3-5-18)23(32)33/h16-18H,2-15H2,1H3,(H,24,28)(H,25,31)(H,26,29)(H,32,33). The van der Waals surface area contributed by atoms with Crippen molar-refractivity contribution in [3.8, 4) is 0 Å². The normalized spacial score (nSPS) is 22.0. The number of hydrogen-bond acceptors (Lipinski definition) is 7. The summed E-state index contributed by atoms with van der Waals surface area (Å²) in [6.45, 7) is 2.20. The predicted octanol–water partition coefficient (Wildman–Crippen LogP) is -0.730. The minimum absolute atomic E-state index is 0.0351. The van der Waals surface area contributed by atoms with Gasteiger partial charge in [-0.15, -0.1) is 0 Å². The van der Waals surface area contributed by atoms with E-state index in [-0.39, 0.29) is 73.9 Å². The van der Waals surface area contributed by atoms with Crippen LogP contribution in [0, 0.1) is 11.8 Å². The average Bonchev–Trinajstić information content (AvgIpc) is 3.16. The molecule has 0 bridgehead atoms. The third-order valence-corrected chi connectivity index (χ3v) is 6.22. The summed E-state index contributed by atoms with van der Waals surface area (Å²) in [6.07, 6.45) is 3.14. The maximum Gasteiger partial charge on any atom is 0.306 e. The van der Waals surface area contributed by atoms with Gasteiger partial charge >= 0.3 is 5.97 Å². The molecule has 2 rings (SSSR count). The summed E-state index contributed by atoms with van der Waals surface area (Å²) in [5.41, 5.74) is 0. The smallest absolute Gasteiger partial charge is 0.306 e. The number of likely N-dealkylation sites (tertiary alicyclic amines) is 1. The molecule has 0 spiro atoms. The van der Waals surface area contributed by atoms with Gasteiger partial charge in [0.25, 0.3) is 0 Å². The second-order valence-corrected chi connectivity index (χ2v) is 9.00. The SMILES string of the molecule is CN1CC(C(=O)NCCC(=O)NCCOCCOCCC(=O)NC2CCC(C(=O)O)CC2)CC1=O. The van der Waals surface area contributed by atoms with E-state index < -0.39 is 5.97 Å². The average molecular weight is 499 g/mol. The molecule has 12 heteroatoms. The van der Waals surface area contributed by atoms with Gasteiger partial charge in [-0.25, -0.2) is 0 Å². The highest BCUT2D eigenvalue weighted by Crippen LogP contribution is 2.24. The third kappa shape index (κ3) is 11.0. The molecule has 4 N–H and O–H groups in total. The third-order valence-electron chi connectivity index (χ3n) is 6.22. The van der Waals surface area contributed by atoms with Crippen molar-refractivity contribution < 1.29 is 38.6 Å². The molecule has 2 fully saturated rings. The van der Waals surface area contributed by atoms with E-state index in [1.807, 2.05) is 0 Å². The number of aliphatic carboxylic acids is 1. The van der Waals surface area contributed by atoms with Crippen molar-refractivity contribution in [3.05, 3.63) is 0 Å². The van der Waals surface area contributed by atoms with Gasteiger partial charge in [-0.2, -0.15) is 0 Å². The van der Waals surface area contributed by atoms with E-state index in [4.69, 9.17) is 14.6 Å². The number of carboxylic acid groups (broad SMARTS) is 1. The van der Waals surface area contributed by atoms with Crippen molar-refractivity contribution >= 4 is 29.6 Å². The second-order valence-electron chi connectivity index (χ2n) is 9.00. The van der Waals surface area contributed by atoms with Gasteiger partial charge in [-0.1, -0.05) is 0 Å². The van der Waals surface area contributed by atoms with Gasteiger partial charge in [0.1, 0.15) is 0 Å². The summed E-state index contributed by atoms with van der Waals surface area (Å²) in [4.78, 5) is 59.7. The van der Waals surface area contributed by atoms with Crippen molar-refractivity contribution in [1.82, 2.24) is 20.9 Å². The van der Waals surface area contributed by atoms with E-state index in [9.17, 15) is 24.0 Å². The van der Waals surface area contributed by atoms with Crippen LogP contribution in [-0.2, 0) is 33.4 Å². The molecular formula is C23H38N4O8. The first kappa shape index (κ1) is 28.5. The minimum Gasteiger partial charge on any atom is -0.481 e. The van der Waals surface area contributed by atoms with Crippen LogP contribution in [0.2, 0.25) is 0 Å². The maximum atomic E-state index is 12.0. The van der Waals surface area contributed by atoms with Crippen LogP contribution in [0.25, 0.3) is 0 Å². The Hall–Kier alpha value is -2.73. The van der Waals surface area contributed by atoms with Crippen molar-refractivity contribution in [2.75, 3.05) is 53.1 Å². The number of carbonyl (C=O) groups is 5. The maximum absolute atomic E-state index is 12.0. The highest BCUT2D eigenvalue weighted by atomic mass is 16.5. The molecule has 1 aliphatic heterocycles. The molecule has 0 aromatic rings. The molecule has 2 aliphatic rings. The van der Waals surface area contributed by atoms with Gasteiger partial charge < -0.3 is 35.4 Å². The van der Waals surface area contributed by atoms with Crippen LogP contribution in [0.3, 0.4) is 0 Å². The van der Waals surface area contributed by atoms with Gasteiger partial charge in [0.15, 0.2) is 0 Å². The van der Waals surface area contributed by atoms with E-state index in [1.54, 1.807) is 7.05 Å². The first-order valence-corrected chi connectivity index (χ1v) is 12.2. The fourth-order valence-corrected chi connectivity index (χ4v) is 4.11. The van der Waals surface area contributed by atoms with Gasteiger partial charge in [0.05, 0.1) is 38.3 Å². The number of nitrogens with one attached hydrogen (secondary N) is 3. The number of carbonyl (C=O) groups excluding carboxylic acids is 4. The Morgan fingerprint density at radius 2 is 1.57 bits per heavy atom. The van der Waals surface area contributed by atoms with Crippen LogP contribution in [0.5, 0.6) is 0 Å². The summed E-state index contributed by atoms with van der Waals surface area (Å²) in [7, 11) is 1.66. The second kappa shape index (κ2) is 15.3. The van der Waals surface area contributed by atoms with Crippen LogP contribution in [-0.4, -0.2) is 98.8 Å². The molecule has 0 aromatic heterocycles. The fourth-order valence-electron chi connectivity index (χ4n) is 4.11. The zero-order valence-electron chi connectivity index (χ0n) is 20.4. The summed E-state index contributed by atoms with van der Waals surface area (Å²) >= 11 is 0. The highest BCUT2D eigenvalue weighted by molar-refractivity contribution is 5.89. The zero-order chi connectivity index (χ0) is 25.6. The van der Waals surface area contributed by atoms with Crippen molar-refractivity contribution in [3.63, 3.8) is 0 Å². The van der Waals surface area contributed by atoms with Crippen LogP contribution in [0.15, 0.2) is 0 Å². The van der Waals surface area contributed by atoms with Crippen molar-refractivity contribution in [2.24, 2.45) is 11.8 Å². The Bertz CT molecular complexity index is 739. The van der Waals surface area contributed by atoms with Gasteiger partial charge in [-0.05, 0) is 25.7 Å². The molecule has 12 nitrogen and oxygen atoms in total. The zero-order valence-corrected chi connectivity index (χ0v) is 20.4. The predicted molar refractivity (Wildman–Crippen MR) is 124 cm³/mol. The number of nitrogens with zero attached hydrogens (tertiary/aromatic N) is 1.